The lowest BCUT2D eigenvalue weighted by Gasteiger charge is -2.39. The Labute approximate surface area is 117 Å². The number of nitrogens with zero attached hydrogens (tertiary/aromatic N) is 1. The van der Waals surface area contributed by atoms with E-state index >= 15 is 0 Å². The molecular weight excluding hydrogens is 269 g/mol. The largest absolute Gasteiger partial charge is 0.389 e. The van der Waals surface area contributed by atoms with Crippen molar-refractivity contribution >= 4 is 23.2 Å². The molecule has 2 aliphatic heterocycles. The minimum absolute atomic E-state index is 0.403. The Bertz CT molecular complexity index is 465. The molecule has 0 amide bonds. The molecule has 2 fully saturated rings. The summed E-state index contributed by atoms with van der Waals surface area (Å²) in [5, 5.41) is 12.0. The standard InChI is InChI=1S/C14H17Cl2NO/c15-12-2-1-10(7-13(12)16)8-14(18)4-6-17-5-3-11(14)9-17/h1-2,7,11,18H,3-6,8-9H2. The van der Waals surface area contributed by atoms with Crippen LogP contribution in [0.4, 0.5) is 0 Å². The van der Waals surface area contributed by atoms with E-state index in [0.717, 1.165) is 38.0 Å². The Morgan fingerprint density at radius 1 is 1.28 bits per heavy atom. The summed E-state index contributed by atoms with van der Waals surface area (Å²) in [5.41, 5.74) is 0.511. The molecule has 3 unspecified atom stereocenters. The van der Waals surface area contributed by atoms with Gasteiger partial charge in [-0.2, -0.15) is 0 Å². The van der Waals surface area contributed by atoms with Crippen molar-refractivity contribution in [1.82, 2.24) is 4.90 Å². The third kappa shape index (κ3) is 2.27. The van der Waals surface area contributed by atoms with Gasteiger partial charge in [0.25, 0.3) is 0 Å². The average molecular weight is 286 g/mol. The number of benzene rings is 1. The van der Waals surface area contributed by atoms with E-state index in [2.05, 4.69) is 4.90 Å². The maximum atomic E-state index is 10.9. The van der Waals surface area contributed by atoms with Crippen LogP contribution in [0.15, 0.2) is 18.2 Å². The molecule has 0 spiro atoms. The van der Waals surface area contributed by atoms with Crippen LogP contribution in [0.2, 0.25) is 10.0 Å². The molecule has 0 aromatic heterocycles. The van der Waals surface area contributed by atoms with Gasteiger partial charge >= 0.3 is 0 Å². The summed E-state index contributed by atoms with van der Waals surface area (Å²) in [6.07, 6.45) is 2.65. The first-order valence-electron chi connectivity index (χ1n) is 6.45. The quantitative estimate of drug-likeness (QED) is 0.903. The van der Waals surface area contributed by atoms with Gasteiger partial charge in [0.2, 0.25) is 0 Å². The molecule has 1 aromatic carbocycles. The van der Waals surface area contributed by atoms with Gasteiger partial charge < -0.3 is 10.0 Å². The number of piperidine rings is 1. The molecule has 1 aromatic rings. The molecule has 2 saturated heterocycles. The van der Waals surface area contributed by atoms with Crippen LogP contribution in [0.1, 0.15) is 18.4 Å². The number of hydrogen-bond donors (Lipinski definition) is 1. The van der Waals surface area contributed by atoms with Gasteiger partial charge in [-0.1, -0.05) is 29.3 Å². The van der Waals surface area contributed by atoms with Crippen LogP contribution in [0, 0.1) is 5.92 Å². The van der Waals surface area contributed by atoms with Crippen molar-refractivity contribution in [2.75, 3.05) is 19.6 Å². The van der Waals surface area contributed by atoms with Crippen LogP contribution in [-0.2, 0) is 6.42 Å². The fourth-order valence-electron chi connectivity index (χ4n) is 3.27. The summed E-state index contributed by atoms with van der Waals surface area (Å²) < 4.78 is 0. The SMILES string of the molecule is OC1(Cc2ccc(Cl)c(Cl)c2)CCN2CCC1C2. The minimum atomic E-state index is -0.565. The lowest BCUT2D eigenvalue weighted by atomic mass is 9.78. The number of aliphatic hydroxyl groups is 1. The van der Waals surface area contributed by atoms with Crippen LogP contribution in [0.5, 0.6) is 0 Å². The third-order valence-electron chi connectivity index (χ3n) is 4.39. The first-order valence-corrected chi connectivity index (χ1v) is 7.21. The fourth-order valence-corrected chi connectivity index (χ4v) is 3.59. The van der Waals surface area contributed by atoms with Crippen molar-refractivity contribution < 1.29 is 5.11 Å². The maximum Gasteiger partial charge on any atom is 0.0740 e. The van der Waals surface area contributed by atoms with Gasteiger partial charge in [0.15, 0.2) is 0 Å². The molecule has 3 atom stereocenters. The summed E-state index contributed by atoms with van der Waals surface area (Å²) in [5.74, 6) is 0.403. The molecule has 2 aliphatic rings. The molecule has 2 bridgehead atoms. The zero-order valence-corrected chi connectivity index (χ0v) is 11.7. The summed E-state index contributed by atoms with van der Waals surface area (Å²) in [7, 11) is 0. The van der Waals surface area contributed by atoms with Crippen molar-refractivity contribution in [2.45, 2.75) is 24.9 Å². The first-order chi connectivity index (χ1) is 8.57. The Kier molecular flexibility index (Phi) is 3.31. The Hall–Kier alpha value is -0.280. The molecule has 2 nitrogen and oxygen atoms in total. The van der Waals surface area contributed by atoms with Crippen molar-refractivity contribution in [1.29, 1.82) is 0 Å². The fraction of sp³-hybridized carbons (Fsp3) is 0.571. The summed E-state index contributed by atoms with van der Waals surface area (Å²) in [6.45, 7) is 3.18. The average Bonchev–Trinajstić information content (AvgIpc) is 2.75. The van der Waals surface area contributed by atoms with Crippen molar-refractivity contribution in [3.63, 3.8) is 0 Å². The molecule has 2 heterocycles. The molecular formula is C14H17Cl2NO. The zero-order chi connectivity index (χ0) is 12.8. The Morgan fingerprint density at radius 3 is 2.89 bits per heavy atom. The van der Waals surface area contributed by atoms with Crippen molar-refractivity contribution in [2.24, 2.45) is 5.92 Å². The van der Waals surface area contributed by atoms with Crippen molar-refractivity contribution in [3.05, 3.63) is 33.8 Å². The summed E-state index contributed by atoms with van der Waals surface area (Å²) in [4.78, 5) is 2.44. The van der Waals surface area contributed by atoms with Gasteiger partial charge in [-0.3, -0.25) is 0 Å². The monoisotopic (exact) mass is 285 g/mol. The van der Waals surface area contributed by atoms with Gasteiger partial charge in [-0.15, -0.1) is 0 Å². The predicted molar refractivity (Wildman–Crippen MR) is 74.3 cm³/mol. The van der Waals surface area contributed by atoms with Gasteiger partial charge in [-0.05, 0) is 37.1 Å². The van der Waals surface area contributed by atoms with Gasteiger partial charge in [0.05, 0.1) is 15.6 Å². The van der Waals surface area contributed by atoms with E-state index in [1.807, 2.05) is 18.2 Å². The molecule has 0 aliphatic carbocycles. The van der Waals surface area contributed by atoms with E-state index in [1.165, 1.54) is 0 Å². The third-order valence-corrected chi connectivity index (χ3v) is 5.13. The highest BCUT2D eigenvalue weighted by Crippen LogP contribution is 2.38. The molecule has 4 heteroatoms. The van der Waals surface area contributed by atoms with Crippen molar-refractivity contribution in [3.8, 4) is 0 Å². The van der Waals surface area contributed by atoms with Crippen LogP contribution >= 0.6 is 23.2 Å². The predicted octanol–water partition coefficient (Wildman–Crippen LogP) is 2.99. The van der Waals surface area contributed by atoms with E-state index in [1.54, 1.807) is 0 Å². The highest BCUT2D eigenvalue weighted by Gasteiger charge is 2.44. The summed E-state index contributed by atoms with van der Waals surface area (Å²) >= 11 is 12.0. The van der Waals surface area contributed by atoms with Gasteiger partial charge in [0.1, 0.15) is 0 Å². The van der Waals surface area contributed by atoms with Crippen LogP contribution in [0.25, 0.3) is 0 Å². The highest BCUT2D eigenvalue weighted by atomic mass is 35.5. The van der Waals surface area contributed by atoms with E-state index in [9.17, 15) is 5.11 Å². The second-order valence-corrected chi connectivity index (χ2v) is 6.38. The van der Waals surface area contributed by atoms with E-state index in [4.69, 9.17) is 23.2 Å². The molecule has 98 valence electrons. The maximum absolute atomic E-state index is 10.9. The molecule has 0 radical (unpaired) electrons. The smallest absolute Gasteiger partial charge is 0.0740 e. The first kappa shape index (κ1) is 12.7. The number of rotatable bonds is 2. The highest BCUT2D eigenvalue weighted by molar-refractivity contribution is 6.42. The lowest BCUT2D eigenvalue weighted by molar-refractivity contribution is -0.0438. The number of fused-ring (bicyclic) bond motifs is 2. The molecule has 1 N–H and O–H groups in total. The normalized spacial score (nSPS) is 34.8. The number of halogens is 2. The lowest BCUT2D eigenvalue weighted by Crippen LogP contribution is -2.47. The Morgan fingerprint density at radius 2 is 2.11 bits per heavy atom. The second kappa shape index (κ2) is 4.68. The topological polar surface area (TPSA) is 23.5 Å². The second-order valence-electron chi connectivity index (χ2n) is 5.57. The van der Waals surface area contributed by atoms with E-state index < -0.39 is 5.60 Å². The van der Waals surface area contributed by atoms with E-state index in [-0.39, 0.29) is 0 Å². The van der Waals surface area contributed by atoms with Crippen LogP contribution in [-0.4, -0.2) is 35.2 Å². The molecule has 3 rings (SSSR count). The summed E-state index contributed by atoms with van der Waals surface area (Å²) in [6, 6.07) is 5.66. The van der Waals surface area contributed by atoms with Crippen LogP contribution in [0.3, 0.4) is 0 Å². The number of hydrogen-bond acceptors (Lipinski definition) is 2. The van der Waals surface area contributed by atoms with Gasteiger partial charge in [0, 0.05) is 25.4 Å². The minimum Gasteiger partial charge on any atom is -0.389 e. The zero-order valence-electron chi connectivity index (χ0n) is 10.2. The van der Waals surface area contributed by atoms with Gasteiger partial charge in [-0.25, -0.2) is 0 Å². The Balaban J connectivity index is 1.80. The molecule has 18 heavy (non-hydrogen) atoms. The molecule has 0 saturated carbocycles. The van der Waals surface area contributed by atoms with Crippen LogP contribution < -0.4 is 0 Å². The van der Waals surface area contributed by atoms with E-state index in [0.29, 0.717) is 22.4 Å².